The molecular formula is C16H25N3. The Morgan fingerprint density at radius 2 is 1.79 bits per heavy atom. The maximum atomic E-state index is 4.56. The fourth-order valence-electron chi connectivity index (χ4n) is 2.28. The molecule has 0 saturated heterocycles. The van der Waals surface area contributed by atoms with E-state index < -0.39 is 0 Å². The minimum absolute atomic E-state index is 0.777. The molecule has 1 aromatic heterocycles. The largest absolute Gasteiger partial charge is 0.314 e. The molecule has 3 heteroatoms. The van der Waals surface area contributed by atoms with Gasteiger partial charge in [-0.05, 0) is 63.1 Å². The SMILES string of the molecule is c1cc(CCCCNC2CC2)ncc1CNC1CC1. The van der Waals surface area contributed by atoms with Gasteiger partial charge in [-0.2, -0.15) is 0 Å². The number of unbranched alkanes of at least 4 members (excludes halogenated alkanes) is 1. The summed E-state index contributed by atoms with van der Waals surface area (Å²) in [5.41, 5.74) is 2.55. The number of aromatic nitrogens is 1. The van der Waals surface area contributed by atoms with Crippen LogP contribution in [0.4, 0.5) is 0 Å². The molecule has 19 heavy (non-hydrogen) atoms. The summed E-state index contributed by atoms with van der Waals surface area (Å²) in [6, 6.07) is 6.04. The van der Waals surface area contributed by atoms with Crippen molar-refractivity contribution in [3.63, 3.8) is 0 Å². The molecular weight excluding hydrogens is 234 g/mol. The zero-order valence-corrected chi connectivity index (χ0v) is 11.7. The van der Waals surface area contributed by atoms with Gasteiger partial charge in [0.1, 0.15) is 0 Å². The van der Waals surface area contributed by atoms with E-state index in [9.17, 15) is 0 Å². The van der Waals surface area contributed by atoms with Gasteiger partial charge in [0.25, 0.3) is 0 Å². The number of rotatable bonds is 9. The number of aryl methyl sites for hydroxylation is 1. The number of nitrogens with one attached hydrogen (secondary N) is 2. The van der Waals surface area contributed by atoms with Gasteiger partial charge in [0.05, 0.1) is 0 Å². The van der Waals surface area contributed by atoms with Crippen molar-refractivity contribution in [3.05, 3.63) is 29.6 Å². The average molecular weight is 259 g/mol. The van der Waals surface area contributed by atoms with E-state index in [0.717, 1.165) is 25.0 Å². The molecule has 2 aliphatic carbocycles. The lowest BCUT2D eigenvalue weighted by molar-refractivity contribution is 0.616. The predicted molar refractivity (Wildman–Crippen MR) is 78.1 cm³/mol. The molecule has 1 aromatic rings. The van der Waals surface area contributed by atoms with Crippen LogP contribution in [0.1, 0.15) is 49.8 Å². The van der Waals surface area contributed by atoms with Gasteiger partial charge in [0.2, 0.25) is 0 Å². The summed E-state index contributed by atoms with van der Waals surface area (Å²) < 4.78 is 0. The van der Waals surface area contributed by atoms with Gasteiger partial charge >= 0.3 is 0 Å². The van der Waals surface area contributed by atoms with E-state index in [0.29, 0.717) is 0 Å². The second-order valence-electron chi connectivity index (χ2n) is 6.00. The van der Waals surface area contributed by atoms with Gasteiger partial charge < -0.3 is 10.6 Å². The first-order valence-corrected chi connectivity index (χ1v) is 7.81. The third-order valence-electron chi connectivity index (χ3n) is 3.93. The van der Waals surface area contributed by atoms with Gasteiger partial charge in [-0.3, -0.25) is 4.98 Å². The van der Waals surface area contributed by atoms with Crippen LogP contribution in [-0.4, -0.2) is 23.6 Å². The second kappa shape index (κ2) is 6.49. The van der Waals surface area contributed by atoms with Crippen molar-refractivity contribution in [3.8, 4) is 0 Å². The lowest BCUT2D eigenvalue weighted by Gasteiger charge is -2.05. The van der Waals surface area contributed by atoms with Gasteiger partial charge in [0, 0.05) is 30.5 Å². The van der Waals surface area contributed by atoms with E-state index in [1.165, 1.54) is 56.3 Å². The minimum Gasteiger partial charge on any atom is -0.314 e. The minimum atomic E-state index is 0.777. The average Bonchev–Trinajstić information content (AvgIpc) is 3.31. The van der Waals surface area contributed by atoms with Crippen molar-refractivity contribution in [2.24, 2.45) is 0 Å². The van der Waals surface area contributed by atoms with E-state index in [-0.39, 0.29) is 0 Å². The molecule has 1 heterocycles. The molecule has 0 unspecified atom stereocenters. The summed E-state index contributed by atoms with van der Waals surface area (Å²) in [5, 5.41) is 7.08. The molecule has 3 nitrogen and oxygen atoms in total. The molecule has 3 rings (SSSR count). The van der Waals surface area contributed by atoms with Crippen LogP contribution in [0.5, 0.6) is 0 Å². The zero-order valence-electron chi connectivity index (χ0n) is 11.7. The summed E-state index contributed by atoms with van der Waals surface area (Å²) in [6.45, 7) is 2.15. The van der Waals surface area contributed by atoms with E-state index >= 15 is 0 Å². The van der Waals surface area contributed by atoms with Crippen LogP contribution in [0.25, 0.3) is 0 Å². The van der Waals surface area contributed by atoms with Crippen LogP contribution in [0, 0.1) is 0 Å². The molecule has 0 aliphatic heterocycles. The Balaban J connectivity index is 1.30. The monoisotopic (exact) mass is 259 g/mol. The van der Waals surface area contributed by atoms with Crippen molar-refractivity contribution in [2.45, 2.75) is 63.6 Å². The van der Waals surface area contributed by atoms with Gasteiger partial charge in [-0.25, -0.2) is 0 Å². The van der Waals surface area contributed by atoms with Crippen LogP contribution in [-0.2, 0) is 13.0 Å². The molecule has 2 saturated carbocycles. The maximum absolute atomic E-state index is 4.56. The quantitative estimate of drug-likeness (QED) is 0.669. The number of hydrogen-bond acceptors (Lipinski definition) is 3. The van der Waals surface area contributed by atoms with Crippen LogP contribution in [0.15, 0.2) is 18.3 Å². The first kappa shape index (κ1) is 13.1. The third kappa shape index (κ3) is 4.92. The van der Waals surface area contributed by atoms with Crippen molar-refractivity contribution in [2.75, 3.05) is 6.54 Å². The van der Waals surface area contributed by atoms with Crippen molar-refractivity contribution in [1.29, 1.82) is 0 Å². The fraction of sp³-hybridized carbons (Fsp3) is 0.688. The second-order valence-corrected chi connectivity index (χ2v) is 6.00. The molecule has 0 bridgehead atoms. The number of hydrogen-bond donors (Lipinski definition) is 2. The Morgan fingerprint density at radius 3 is 2.47 bits per heavy atom. The standard InChI is InChI=1S/C16H25N3/c1(2-10-17-15-6-7-15)3-14-5-4-13(11-18-14)12-19-16-8-9-16/h4-5,11,15-17,19H,1-3,6-10,12H2. The molecule has 2 fully saturated rings. The third-order valence-corrected chi connectivity index (χ3v) is 3.93. The van der Waals surface area contributed by atoms with E-state index in [4.69, 9.17) is 0 Å². The topological polar surface area (TPSA) is 37.0 Å². The molecule has 0 amide bonds. The Labute approximate surface area is 116 Å². The Hall–Kier alpha value is -0.930. The van der Waals surface area contributed by atoms with Gasteiger partial charge in [-0.1, -0.05) is 6.07 Å². The summed E-state index contributed by atoms with van der Waals surface area (Å²) in [7, 11) is 0. The predicted octanol–water partition coefficient (Wildman–Crippen LogP) is 2.41. The summed E-state index contributed by atoms with van der Waals surface area (Å²) >= 11 is 0. The van der Waals surface area contributed by atoms with E-state index in [2.05, 4.69) is 27.8 Å². The first-order chi connectivity index (χ1) is 9.40. The van der Waals surface area contributed by atoms with Crippen molar-refractivity contribution < 1.29 is 0 Å². The number of nitrogens with zero attached hydrogens (tertiary/aromatic N) is 1. The molecule has 104 valence electrons. The smallest absolute Gasteiger partial charge is 0.0403 e. The molecule has 0 aromatic carbocycles. The maximum Gasteiger partial charge on any atom is 0.0403 e. The Bertz CT molecular complexity index is 379. The summed E-state index contributed by atoms with van der Waals surface area (Å²) in [4.78, 5) is 4.56. The zero-order chi connectivity index (χ0) is 12.9. The molecule has 0 spiro atoms. The lowest BCUT2D eigenvalue weighted by atomic mass is 10.1. The highest BCUT2D eigenvalue weighted by Gasteiger charge is 2.20. The first-order valence-electron chi connectivity index (χ1n) is 7.81. The highest BCUT2D eigenvalue weighted by atomic mass is 14.9. The van der Waals surface area contributed by atoms with Crippen LogP contribution < -0.4 is 10.6 Å². The Kier molecular flexibility index (Phi) is 4.46. The summed E-state index contributed by atoms with van der Waals surface area (Å²) in [6.07, 6.45) is 11.1. The normalized spacial score (nSPS) is 18.7. The van der Waals surface area contributed by atoms with Crippen molar-refractivity contribution in [1.82, 2.24) is 15.6 Å². The highest BCUT2D eigenvalue weighted by Crippen LogP contribution is 2.19. The molecule has 0 atom stereocenters. The highest BCUT2D eigenvalue weighted by molar-refractivity contribution is 5.14. The van der Waals surface area contributed by atoms with Gasteiger partial charge in [0.15, 0.2) is 0 Å². The lowest BCUT2D eigenvalue weighted by Crippen LogP contribution is -2.17. The molecule has 2 aliphatic rings. The molecule has 2 N–H and O–H groups in total. The van der Waals surface area contributed by atoms with E-state index in [1.807, 2.05) is 6.20 Å². The number of pyridine rings is 1. The van der Waals surface area contributed by atoms with Gasteiger partial charge in [-0.15, -0.1) is 0 Å². The van der Waals surface area contributed by atoms with Crippen LogP contribution in [0.2, 0.25) is 0 Å². The molecule has 0 radical (unpaired) electrons. The van der Waals surface area contributed by atoms with Crippen molar-refractivity contribution >= 4 is 0 Å². The Morgan fingerprint density at radius 1 is 1.00 bits per heavy atom. The fourth-order valence-corrected chi connectivity index (χ4v) is 2.28. The van der Waals surface area contributed by atoms with Crippen LogP contribution in [0.3, 0.4) is 0 Å². The van der Waals surface area contributed by atoms with E-state index in [1.54, 1.807) is 0 Å². The summed E-state index contributed by atoms with van der Waals surface area (Å²) in [5.74, 6) is 0. The van der Waals surface area contributed by atoms with Crippen LogP contribution >= 0.6 is 0 Å².